The monoisotopic (exact) mass is 256 g/mol. The zero-order valence-corrected chi connectivity index (χ0v) is 11.3. The summed E-state index contributed by atoms with van der Waals surface area (Å²) in [4.78, 5) is 6.26. The molecule has 3 nitrogen and oxygen atoms in total. The average Bonchev–Trinajstić information content (AvgIpc) is 2.34. The van der Waals surface area contributed by atoms with Crippen LogP contribution in [0.25, 0.3) is 0 Å². The number of aromatic nitrogens is 1. The van der Waals surface area contributed by atoms with Crippen LogP contribution in [0.15, 0.2) is 18.5 Å². The first-order valence-corrected chi connectivity index (χ1v) is 6.54. The fraction of sp³-hybridized carbons (Fsp3) is 0.615. The Morgan fingerprint density at radius 1 is 1.41 bits per heavy atom. The molecule has 0 saturated carbocycles. The van der Waals surface area contributed by atoms with E-state index in [9.17, 15) is 0 Å². The molecule has 1 rings (SSSR count). The predicted molar refractivity (Wildman–Crippen MR) is 71.1 cm³/mol. The highest BCUT2D eigenvalue weighted by Crippen LogP contribution is 2.18. The van der Waals surface area contributed by atoms with Gasteiger partial charge < -0.3 is 5.11 Å². The molecule has 0 aliphatic heterocycles. The van der Waals surface area contributed by atoms with Gasteiger partial charge in [0.1, 0.15) is 0 Å². The highest BCUT2D eigenvalue weighted by molar-refractivity contribution is 6.31. The molecule has 0 unspecified atom stereocenters. The van der Waals surface area contributed by atoms with E-state index in [1.54, 1.807) is 12.4 Å². The summed E-state index contributed by atoms with van der Waals surface area (Å²) < 4.78 is 0. The van der Waals surface area contributed by atoms with Gasteiger partial charge >= 0.3 is 0 Å². The van der Waals surface area contributed by atoms with E-state index in [1.165, 1.54) is 0 Å². The number of hydrogen-bond acceptors (Lipinski definition) is 3. The van der Waals surface area contributed by atoms with Crippen LogP contribution in [0.4, 0.5) is 0 Å². The van der Waals surface area contributed by atoms with E-state index in [4.69, 9.17) is 16.7 Å². The zero-order valence-electron chi connectivity index (χ0n) is 10.6. The second-order valence-corrected chi connectivity index (χ2v) is 4.54. The van der Waals surface area contributed by atoms with Gasteiger partial charge in [-0.05, 0) is 24.5 Å². The molecule has 0 spiro atoms. The van der Waals surface area contributed by atoms with Gasteiger partial charge in [0.15, 0.2) is 0 Å². The van der Waals surface area contributed by atoms with Gasteiger partial charge in [-0.2, -0.15) is 0 Å². The Bertz CT molecular complexity index is 329. The highest BCUT2D eigenvalue weighted by atomic mass is 35.5. The normalized spacial score (nSPS) is 11.4. The molecule has 96 valence electrons. The minimum absolute atomic E-state index is 0.180. The molecule has 0 aliphatic rings. The molecule has 0 atom stereocenters. The van der Waals surface area contributed by atoms with Gasteiger partial charge in [0.05, 0.1) is 11.6 Å². The largest absolute Gasteiger partial charge is 0.395 e. The Hall–Kier alpha value is -0.640. The first-order chi connectivity index (χ1) is 8.22. The van der Waals surface area contributed by atoms with E-state index in [0.29, 0.717) is 17.6 Å². The maximum Gasteiger partial charge on any atom is 0.0634 e. The van der Waals surface area contributed by atoms with Crippen molar-refractivity contribution in [2.45, 2.75) is 39.3 Å². The lowest BCUT2D eigenvalue weighted by Gasteiger charge is -2.30. The van der Waals surface area contributed by atoms with Crippen molar-refractivity contribution < 1.29 is 5.11 Å². The molecule has 0 radical (unpaired) electrons. The van der Waals surface area contributed by atoms with Crippen LogP contribution < -0.4 is 0 Å². The Kier molecular flexibility index (Phi) is 6.48. The number of hydrogen-bond donors (Lipinski definition) is 1. The molecule has 0 aliphatic carbocycles. The number of rotatable bonds is 7. The minimum atomic E-state index is 0.180. The molecule has 4 heteroatoms. The lowest BCUT2D eigenvalue weighted by Crippen LogP contribution is -2.36. The van der Waals surface area contributed by atoms with Crippen molar-refractivity contribution >= 4 is 11.6 Å². The molecule has 17 heavy (non-hydrogen) atoms. The maximum absolute atomic E-state index is 9.14. The maximum atomic E-state index is 9.14. The van der Waals surface area contributed by atoms with Crippen LogP contribution in [0.5, 0.6) is 0 Å². The molecule has 0 bridgehead atoms. The van der Waals surface area contributed by atoms with E-state index >= 15 is 0 Å². The summed E-state index contributed by atoms with van der Waals surface area (Å²) >= 11 is 6.11. The van der Waals surface area contributed by atoms with Gasteiger partial charge in [-0.15, -0.1) is 0 Å². The van der Waals surface area contributed by atoms with Gasteiger partial charge in [0, 0.05) is 31.5 Å². The third-order valence-corrected chi connectivity index (χ3v) is 3.42. The Morgan fingerprint density at radius 2 is 2.12 bits per heavy atom. The Balaban J connectivity index is 2.75. The third-order valence-electron chi connectivity index (χ3n) is 3.08. The van der Waals surface area contributed by atoms with E-state index in [2.05, 4.69) is 23.7 Å². The van der Waals surface area contributed by atoms with Crippen molar-refractivity contribution in [1.82, 2.24) is 9.88 Å². The summed E-state index contributed by atoms with van der Waals surface area (Å²) in [6.45, 7) is 5.98. The van der Waals surface area contributed by atoms with Gasteiger partial charge in [0.2, 0.25) is 0 Å². The summed E-state index contributed by atoms with van der Waals surface area (Å²) in [7, 11) is 0. The Morgan fingerprint density at radius 3 is 2.65 bits per heavy atom. The lowest BCUT2D eigenvalue weighted by atomic mass is 10.1. The molecular weight excluding hydrogens is 236 g/mol. The smallest absolute Gasteiger partial charge is 0.0634 e. The van der Waals surface area contributed by atoms with E-state index in [1.807, 2.05) is 6.07 Å². The van der Waals surface area contributed by atoms with Crippen molar-refractivity contribution in [3.63, 3.8) is 0 Å². The molecule has 1 heterocycles. The quantitative estimate of drug-likeness (QED) is 0.815. The molecule has 1 aromatic rings. The van der Waals surface area contributed by atoms with Crippen molar-refractivity contribution in [2.24, 2.45) is 0 Å². The first kappa shape index (κ1) is 14.4. The molecule has 0 aromatic carbocycles. The van der Waals surface area contributed by atoms with Crippen LogP contribution >= 0.6 is 11.6 Å². The second-order valence-electron chi connectivity index (χ2n) is 4.13. The molecule has 0 amide bonds. The van der Waals surface area contributed by atoms with E-state index < -0.39 is 0 Å². The van der Waals surface area contributed by atoms with Gasteiger partial charge in [-0.3, -0.25) is 9.88 Å². The van der Waals surface area contributed by atoms with Crippen molar-refractivity contribution in [3.05, 3.63) is 29.0 Å². The number of pyridine rings is 1. The minimum Gasteiger partial charge on any atom is -0.395 e. The molecular formula is C13H21ClN2O. The summed E-state index contributed by atoms with van der Waals surface area (Å²) in [5.41, 5.74) is 1.07. The SMILES string of the molecule is CCC(CC)N(CCO)Cc1ccncc1Cl. The Labute approximate surface area is 108 Å². The van der Waals surface area contributed by atoms with Gasteiger partial charge in [-0.25, -0.2) is 0 Å². The van der Waals surface area contributed by atoms with Crippen LogP contribution in [0.1, 0.15) is 32.3 Å². The van der Waals surface area contributed by atoms with E-state index in [0.717, 1.165) is 24.9 Å². The van der Waals surface area contributed by atoms with Crippen LogP contribution in [0.3, 0.4) is 0 Å². The van der Waals surface area contributed by atoms with Crippen LogP contribution in [0, 0.1) is 0 Å². The van der Waals surface area contributed by atoms with Gasteiger partial charge in [-0.1, -0.05) is 25.4 Å². The van der Waals surface area contributed by atoms with Crippen LogP contribution in [-0.4, -0.2) is 34.2 Å². The van der Waals surface area contributed by atoms with E-state index in [-0.39, 0.29) is 6.61 Å². The number of aliphatic hydroxyl groups is 1. The summed E-state index contributed by atoms with van der Waals surface area (Å²) in [6, 6.07) is 2.43. The van der Waals surface area contributed by atoms with Crippen molar-refractivity contribution in [3.8, 4) is 0 Å². The lowest BCUT2D eigenvalue weighted by molar-refractivity contribution is 0.136. The predicted octanol–water partition coefficient (Wildman–Crippen LogP) is 2.72. The zero-order chi connectivity index (χ0) is 12.7. The average molecular weight is 257 g/mol. The molecule has 0 saturated heterocycles. The number of halogens is 1. The molecule has 0 fully saturated rings. The number of nitrogens with zero attached hydrogens (tertiary/aromatic N) is 2. The topological polar surface area (TPSA) is 36.4 Å². The highest BCUT2D eigenvalue weighted by Gasteiger charge is 2.15. The van der Waals surface area contributed by atoms with Crippen molar-refractivity contribution in [1.29, 1.82) is 0 Å². The standard InChI is InChI=1S/C13H21ClN2O/c1-3-12(4-2)16(7-8-17)10-11-5-6-15-9-13(11)14/h5-6,9,12,17H,3-4,7-8,10H2,1-2H3. The van der Waals surface area contributed by atoms with Crippen LogP contribution in [-0.2, 0) is 6.54 Å². The molecule has 1 N–H and O–H groups in total. The molecule has 1 aromatic heterocycles. The van der Waals surface area contributed by atoms with Crippen LogP contribution in [0.2, 0.25) is 5.02 Å². The summed E-state index contributed by atoms with van der Waals surface area (Å²) in [5, 5.41) is 9.83. The fourth-order valence-corrected chi connectivity index (χ4v) is 2.25. The van der Waals surface area contributed by atoms with Gasteiger partial charge in [0.25, 0.3) is 0 Å². The second kappa shape index (κ2) is 7.64. The first-order valence-electron chi connectivity index (χ1n) is 6.16. The van der Waals surface area contributed by atoms with Crippen molar-refractivity contribution in [2.75, 3.05) is 13.2 Å². The third kappa shape index (κ3) is 4.26. The summed E-state index contributed by atoms with van der Waals surface area (Å²) in [5.74, 6) is 0. The summed E-state index contributed by atoms with van der Waals surface area (Å²) in [6.07, 6.45) is 5.59. The fourth-order valence-electron chi connectivity index (χ4n) is 2.08. The number of aliphatic hydroxyl groups excluding tert-OH is 1.